The van der Waals surface area contributed by atoms with Gasteiger partial charge in [-0.2, -0.15) is 0 Å². The molecule has 0 radical (unpaired) electrons. The fraction of sp³-hybridized carbons (Fsp3) is 0.700. The molecular weight excluding hydrogens is 192 g/mol. The van der Waals surface area contributed by atoms with Gasteiger partial charge in [-0.05, 0) is 5.92 Å². The minimum absolute atomic E-state index is 0.221. The molecule has 2 rings (SSSR count). The van der Waals surface area contributed by atoms with Crippen LogP contribution in [0.2, 0.25) is 0 Å². The first kappa shape index (κ1) is 10.1. The van der Waals surface area contributed by atoms with E-state index < -0.39 is 0 Å². The Hall–Kier alpha value is -1.39. The molecule has 1 aliphatic heterocycles. The molecular formula is C10H16N4O. The number of fused-ring (bicyclic) bond motifs is 1. The largest absolute Gasteiger partial charge is 0.336 e. The average Bonchev–Trinajstić information content (AvgIpc) is 2.62. The Labute approximate surface area is 88.9 Å². The van der Waals surface area contributed by atoms with Gasteiger partial charge in [0.05, 0.1) is 12.2 Å². The van der Waals surface area contributed by atoms with Crippen LogP contribution in [0.3, 0.4) is 0 Å². The van der Waals surface area contributed by atoms with Gasteiger partial charge in [0.1, 0.15) is 5.69 Å². The van der Waals surface area contributed by atoms with Crippen LogP contribution in [0.1, 0.15) is 31.7 Å². The summed E-state index contributed by atoms with van der Waals surface area (Å²) in [4.78, 5) is 13.7. The van der Waals surface area contributed by atoms with Crippen LogP contribution in [0.5, 0.6) is 0 Å². The molecule has 1 amide bonds. The topological polar surface area (TPSA) is 61.9 Å². The molecule has 1 aliphatic rings. The normalized spacial score (nSPS) is 15.5. The summed E-state index contributed by atoms with van der Waals surface area (Å²) in [5.41, 5.74) is 1.99. The van der Waals surface area contributed by atoms with E-state index in [-0.39, 0.29) is 5.91 Å². The first-order valence-electron chi connectivity index (χ1n) is 5.33. The SMILES string of the molecule is CC(C)CC(=O)N1CCc2[nH]nnc2C1. The number of carbonyl (C=O) groups is 1. The van der Waals surface area contributed by atoms with Gasteiger partial charge in [-0.1, -0.05) is 19.1 Å². The van der Waals surface area contributed by atoms with Crippen molar-refractivity contribution < 1.29 is 4.79 Å². The first-order chi connectivity index (χ1) is 7.16. The van der Waals surface area contributed by atoms with Gasteiger partial charge in [-0.25, -0.2) is 0 Å². The Morgan fingerprint density at radius 1 is 1.60 bits per heavy atom. The van der Waals surface area contributed by atoms with Crippen molar-refractivity contribution >= 4 is 5.91 Å². The molecule has 0 fully saturated rings. The Morgan fingerprint density at radius 2 is 2.40 bits per heavy atom. The van der Waals surface area contributed by atoms with Crippen molar-refractivity contribution in [2.75, 3.05) is 6.54 Å². The van der Waals surface area contributed by atoms with Gasteiger partial charge in [0.2, 0.25) is 5.91 Å². The minimum atomic E-state index is 0.221. The standard InChI is InChI=1S/C10H16N4O/c1-7(2)5-10(15)14-4-3-8-9(6-14)12-13-11-8/h7H,3-6H2,1-2H3,(H,11,12,13). The molecule has 0 aliphatic carbocycles. The van der Waals surface area contributed by atoms with Gasteiger partial charge in [0, 0.05) is 19.4 Å². The first-order valence-corrected chi connectivity index (χ1v) is 5.33. The number of rotatable bonds is 2. The highest BCUT2D eigenvalue weighted by Gasteiger charge is 2.23. The predicted molar refractivity (Wildman–Crippen MR) is 55.0 cm³/mol. The van der Waals surface area contributed by atoms with Crippen molar-refractivity contribution in [2.24, 2.45) is 5.92 Å². The van der Waals surface area contributed by atoms with Crippen LogP contribution < -0.4 is 0 Å². The molecule has 0 atom stereocenters. The maximum atomic E-state index is 11.8. The summed E-state index contributed by atoms with van der Waals surface area (Å²) in [5.74, 6) is 0.634. The van der Waals surface area contributed by atoms with Crippen LogP contribution in [0.15, 0.2) is 0 Å². The second-order valence-electron chi connectivity index (χ2n) is 4.40. The monoisotopic (exact) mass is 208 g/mol. The van der Waals surface area contributed by atoms with E-state index in [4.69, 9.17) is 0 Å². The maximum absolute atomic E-state index is 11.8. The van der Waals surface area contributed by atoms with Gasteiger partial charge in [0.15, 0.2) is 0 Å². The summed E-state index contributed by atoms with van der Waals surface area (Å²) in [6, 6.07) is 0. The fourth-order valence-corrected chi connectivity index (χ4v) is 1.80. The van der Waals surface area contributed by atoms with Crippen LogP contribution in [0.25, 0.3) is 0 Å². The highest BCUT2D eigenvalue weighted by Crippen LogP contribution is 2.15. The second kappa shape index (κ2) is 4.00. The van der Waals surface area contributed by atoms with Gasteiger partial charge in [-0.15, -0.1) is 5.10 Å². The summed E-state index contributed by atoms with van der Waals surface area (Å²) >= 11 is 0. The third kappa shape index (κ3) is 2.16. The van der Waals surface area contributed by atoms with Crippen molar-refractivity contribution in [2.45, 2.75) is 33.2 Å². The predicted octanol–water partition coefficient (Wildman–Crippen LogP) is 0.735. The number of nitrogens with zero attached hydrogens (tertiary/aromatic N) is 3. The smallest absolute Gasteiger partial charge is 0.223 e. The third-order valence-electron chi connectivity index (χ3n) is 2.61. The Balaban J connectivity index is 2.00. The van der Waals surface area contributed by atoms with E-state index in [9.17, 15) is 4.79 Å². The molecule has 82 valence electrons. The molecule has 0 bridgehead atoms. The van der Waals surface area contributed by atoms with E-state index in [1.165, 1.54) is 0 Å². The van der Waals surface area contributed by atoms with Gasteiger partial charge < -0.3 is 4.90 Å². The molecule has 1 aromatic heterocycles. The number of aromatic amines is 1. The van der Waals surface area contributed by atoms with Gasteiger partial charge in [-0.3, -0.25) is 9.89 Å². The quantitative estimate of drug-likeness (QED) is 0.779. The zero-order valence-corrected chi connectivity index (χ0v) is 9.16. The summed E-state index contributed by atoms with van der Waals surface area (Å²) in [5, 5.41) is 10.6. The molecule has 0 saturated carbocycles. The number of aromatic nitrogens is 3. The Kier molecular flexibility index (Phi) is 2.70. The van der Waals surface area contributed by atoms with Crippen LogP contribution >= 0.6 is 0 Å². The van der Waals surface area contributed by atoms with Crippen LogP contribution in [0.4, 0.5) is 0 Å². The zero-order chi connectivity index (χ0) is 10.8. The van der Waals surface area contributed by atoms with Crippen molar-refractivity contribution in [3.8, 4) is 0 Å². The number of carbonyl (C=O) groups excluding carboxylic acids is 1. The number of H-pyrrole nitrogens is 1. The molecule has 5 nitrogen and oxygen atoms in total. The van der Waals surface area contributed by atoms with Crippen molar-refractivity contribution in [3.63, 3.8) is 0 Å². The number of hydrogen-bond donors (Lipinski definition) is 1. The summed E-state index contributed by atoms with van der Waals surface area (Å²) in [6.45, 7) is 5.51. The Bertz CT molecular complexity index is 358. The highest BCUT2D eigenvalue weighted by molar-refractivity contribution is 5.76. The van der Waals surface area contributed by atoms with Crippen molar-refractivity contribution in [3.05, 3.63) is 11.4 Å². The number of nitrogens with one attached hydrogen (secondary N) is 1. The minimum Gasteiger partial charge on any atom is -0.336 e. The van der Waals surface area contributed by atoms with Crippen LogP contribution in [0, 0.1) is 5.92 Å². The molecule has 15 heavy (non-hydrogen) atoms. The van der Waals surface area contributed by atoms with Crippen LogP contribution in [-0.4, -0.2) is 32.8 Å². The number of hydrogen-bond acceptors (Lipinski definition) is 3. The lowest BCUT2D eigenvalue weighted by Crippen LogP contribution is -2.36. The Morgan fingerprint density at radius 3 is 3.13 bits per heavy atom. The van der Waals surface area contributed by atoms with E-state index >= 15 is 0 Å². The lowest BCUT2D eigenvalue weighted by Gasteiger charge is -2.26. The van der Waals surface area contributed by atoms with E-state index in [0.717, 1.165) is 24.4 Å². The zero-order valence-electron chi connectivity index (χ0n) is 9.16. The summed E-state index contributed by atoms with van der Waals surface area (Å²) < 4.78 is 0. The average molecular weight is 208 g/mol. The summed E-state index contributed by atoms with van der Waals surface area (Å²) in [7, 11) is 0. The van der Waals surface area contributed by atoms with E-state index in [1.54, 1.807) is 0 Å². The molecule has 5 heteroatoms. The molecule has 0 saturated heterocycles. The molecule has 1 N–H and O–H groups in total. The molecule has 0 aromatic carbocycles. The van der Waals surface area contributed by atoms with Gasteiger partial charge in [0.25, 0.3) is 0 Å². The fourth-order valence-electron chi connectivity index (χ4n) is 1.80. The maximum Gasteiger partial charge on any atom is 0.223 e. The molecule has 2 heterocycles. The molecule has 0 spiro atoms. The van der Waals surface area contributed by atoms with Gasteiger partial charge >= 0.3 is 0 Å². The molecule has 0 unspecified atom stereocenters. The highest BCUT2D eigenvalue weighted by atomic mass is 16.2. The lowest BCUT2D eigenvalue weighted by atomic mass is 10.1. The summed E-state index contributed by atoms with van der Waals surface area (Å²) in [6.07, 6.45) is 1.46. The number of amides is 1. The third-order valence-corrected chi connectivity index (χ3v) is 2.61. The van der Waals surface area contributed by atoms with Crippen LogP contribution in [-0.2, 0) is 17.8 Å². The lowest BCUT2D eigenvalue weighted by molar-refractivity contribution is -0.132. The second-order valence-corrected chi connectivity index (χ2v) is 4.40. The van der Waals surface area contributed by atoms with E-state index in [1.807, 2.05) is 4.90 Å². The molecule has 1 aromatic rings. The van der Waals surface area contributed by atoms with E-state index in [0.29, 0.717) is 18.9 Å². The van der Waals surface area contributed by atoms with E-state index in [2.05, 4.69) is 29.3 Å². The van der Waals surface area contributed by atoms with Crippen molar-refractivity contribution in [1.82, 2.24) is 20.3 Å². The van der Waals surface area contributed by atoms with Crippen molar-refractivity contribution in [1.29, 1.82) is 0 Å².